The number of hydrogen-bond donors (Lipinski definition) is 0. The van der Waals surface area contributed by atoms with Gasteiger partial charge in [0.1, 0.15) is 12.4 Å². The molecule has 142 valence electrons. The molecular formula is C21H24N2O4. The Balaban J connectivity index is 1.24. The van der Waals surface area contributed by atoms with E-state index in [1.807, 2.05) is 23.1 Å². The van der Waals surface area contributed by atoms with E-state index >= 15 is 0 Å². The van der Waals surface area contributed by atoms with Crippen LogP contribution in [0.3, 0.4) is 0 Å². The predicted molar refractivity (Wildman–Crippen MR) is 102 cm³/mol. The van der Waals surface area contributed by atoms with E-state index in [2.05, 4.69) is 17.9 Å². The summed E-state index contributed by atoms with van der Waals surface area (Å²) < 4.78 is 16.5. The van der Waals surface area contributed by atoms with Crippen LogP contribution in [0.2, 0.25) is 0 Å². The number of piperazine rings is 1. The van der Waals surface area contributed by atoms with Gasteiger partial charge >= 0.3 is 0 Å². The first kappa shape index (κ1) is 17.7. The summed E-state index contributed by atoms with van der Waals surface area (Å²) in [6, 6.07) is 13.5. The molecule has 0 radical (unpaired) electrons. The van der Waals surface area contributed by atoms with Crippen LogP contribution in [0.25, 0.3) is 0 Å². The van der Waals surface area contributed by atoms with Crippen LogP contribution in [0.5, 0.6) is 17.2 Å². The lowest BCUT2D eigenvalue weighted by atomic mass is 10.1. The van der Waals surface area contributed by atoms with Gasteiger partial charge in [-0.25, -0.2) is 0 Å². The Kier molecular flexibility index (Phi) is 5.16. The molecule has 2 heterocycles. The molecule has 27 heavy (non-hydrogen) atoms. The molecule has 0 aromatic heterocycles. The van der Waals surface area contributed by atoms with E-state index < -0.39 is 0 Å². The Labute approximate surface area is 159 Å². The molecule has 4 rings (SSSR count). The van der Waals surface area contributed by atoms with Crippen molar-refractivity contribution in [3.05, 3.63) is 53.6 Å². The molecule has 0 N–H and O–H groups in total. The number of amides is 1. The van der Waals surface area contributed by atoms with Crippen molar-refractivity contribution in [1.82, 2.24) is 9.80 Å². The van der Waals surface area contributed by atoms with Gasteiger partial charge in [0.2, 0.25) is 6.79 Å². The number of carbonyl (C=O) groups excluding carboxylic acids is 1. The molecule has 0 saturated carbocycles. The fraction of sp³-hybridized carbons (Fsp3) is 0.381. The van der Waals surface area contributed by atoms with Crippen LogP contribution < -0.4 is 14.2 Å². The molecule has 0 aliphatic carbocycles. The van der Waals surface area contributed by atoms with E-state index in [-0.39, 0.29) is 12.7 Å². The smallest absolute Gasteiger partial charge is 0.254 e. The second kappa shape index (κ2) is 7.88. The van der Waals surface area contributed by atoms with Crippen LogP contribution >= 0.6 is 0 Å². The first-order valence-corrected chi connectivity index (χ1v) is 9.30. The standard InChI is InChI=1S/C21H24N2O4/c1-16-3-2-4-18(13-16)25-12-11-22-7-9-23(10-8-22)21(24)17-5-6-19-20(14-17)27-15-26-19/h2-6,13-14H,7-12,15H2,1H3. The molecule has 1 fully saturated rings. The van der Waals surface area contributed by atoms with Gasteiger partial charge in [-0.1, -0.05) is 12.1 Å². The van der Waals surface area contributed by atoms with E-state index in [9.17, 15) is 4.79 Å². The summed E-state index contributed by atoms with van der Waals surface area (Å²) in [4.78, 5) is 17.0. The maximum atomic E-state index is 12.7. The van der Waals surface area contributed by atoms with E-state index in [4.69, 9.17) is 14.2 Å². The van der Waals surface area contributed by atoms with E-state index in [0.717, 1.165) is 38.5 Å². The molecule has 2 aliphatic rings. The molecule has 0 unspecified atom stereocenters. The van der Waals surface area contributed by atoms with E-state index in [0.29, 0.717) is 23.7 Å². The Morgan fingerprint density at radius 3 is 2.67 bits per heavy atom. The molecule has 0 atom stereocenters. The number of hydrogen-bond acceptors (Lipinski definition) is 5. The summed E-state index contributed by atoms with van der Waals surface area (Å²) in [5.41, 5.74) is 1.85. The van der Waals surface area contributed by atoms with Gasteiger partial charge in [0.05, 0.1) is 0 Å². The second-order valence-corrected chi connectivity index (χ2v) is 6.87. The minimum absolute atomic E-state index is 0.0453. The van der Waals surface area contributed by atoms with Gasteiger partial charge in [0, 0.05) is 38.3 Å². The van der Waals surface area contributed by atoms with Gasteiger partial charge < -0.3 is 19.1 Å². The second-order valence-electron chi connectivity index (χ2n) is 6.87. The van der Waals surface area contributed by atoms with Crippen molar-refractivity contribution in [3.63, 3.8) is 0 Å². The Morgan fingerprint density at radius 2 is 1.85 bits per heavy atom. The van der Waals surface area contributed by atoms with Gasteiger partial charge in [0.25, 0.3) is 5.91 Å². The lowest BCUT2D eigenvalue weighted by molar-refractivity contribution is 0.0620. The SMILES string of the molecule is Cc1cccc(OCCN2CCN(C(=O)c3ccc4c(c3)OCO4)CC2)c1. The zero-order chi connectivity index (χ0) is 18.6. The first-order valence-electron chi connectivity index (χ1n) is 9.30. The first-order chi connectivity index (χ1) is 13.2. The number of benzene rings is 2. The third-order valence-electron chi connectivity index (χ3n) is 4.94. The van der Waals surface area contributed by atoms with Gasteiger partial charge in [-0.2, -0.15) is 0 Å². The highest BCUT2D eigenvalue weighted by atomic mass is 16.7. The molecule has 0 bridgehead atoms. The van der Waals surface area contributed by atoms with Crippen molar-refractivity contribution in [2.24, 2.45) is 0 Å². The number of fused-ring (bicyclic) bond motifs is 1. The third kappa shape index (κ3) is 4.17. The van der Waals surface area contributed by atoms with Gasteiger partial charge in [0.15, 0.2) is 11.5 Å². The summed E-state index contributed by atoms with van der Waals surface area (Å²) in [7, 11) is 0. The zero-order valence-electron chi connectivity index (χ0n) is 15.5. The molecule has 0 spiro atoms. The van der Waals surface area contributed by atoms with Crippen molar-refractivity contribution < 1.29 is 19.0 Å². The number of carbonyl (C=O) groups is 1. The Hall–Kier alpha value is -2.73. The summed E-state index contributed by atoms with van der Waals surface area (Å²) in [5, 5.41) is 0. The van der Waals surface area contributed by atoms with E-state index in [1.165, 1.54) is 5.56 Å². The summed E-state index contributed by atoms with van der Waals surface area (Å²) >= 11 is 0. The van der Waals surface area contributed by atoms with Crippen molar-refractivity contribution in [1.29, 1.82) is 0 Å². The number of nitrogens with zero attached hydrogens (tertiary/aromatic N) is 2. The largest absolute Gasteiger partial charge is 0.492 e. The monoisotopic (exact) mass is 368 g/mol. The Bertz CT molecular complexity index is 816. The van der Waals surface area contributed by atoms with Gasteiger partial charge in [-0.3, -0.25) is 9.69 Å². The average Bonchev–Trinajstić information content (AvgIpc) is 3.16. The van der Waals surface area contributed by atoms with Crippen LogP contribution in [0.1, 0.15) is 15.9 Å². The van der Waals surface area contributed by atoms with Crippen LogP contribution in [0, 0.1) is 6.92 Å². The molecule has 2 aromatic carbocycles. The zero-order valence-corrected chi connectivity index (χ0v) is 15.5. The lowest BCUT2D eigenvalue weighted by Gasteiger charge is -2.34. The van der Waals surface area contributed by atoms with Crippen molar-refractivity contribution in [3.8, 4) is 17.2 Å². The van der Waals surface area contributed by atoms with Crippen LogP contribution in [-0.2, 0) is 0 Å². The average molecular weight is 368 g/mol. The minimum Gasteiger partial charge on any atom is -0.492 e. The highest BCUT2D eigenvalue weighted by Gasteiger charge is 2.24. The van der Waals surface area contributed by atoms with Crippen molar-refractivity contribution in [2.75, 3.05) is 46.1 Å². The fourth-order valence-electron chi connectivity index (χ4n) is 3.38. The maximum absolute atomic E-state index is 12.7. The normalized spacial score (nSPS) is 16.4. The summed E-state index contributed by atoms with van der Waals surface area (Å²) in [6.07, 6.45) is 0. The topological polar surface area (TPSA) is 51.2 Å². The van der Waals surface area contributed by atoms with Crippen LogP contribution in [0.15, 0.2) is 42.5 Å². The summed E-state index contributed by atoms with van der Waals surface area (Å²) in [5.74, 6) is 2.30. The fourth-order valence-corrected chi connectivity index (χ4v) is 3.38. The number of rotatable bonds is 5. The predicted octanol–water partition coefficient (Wildman–Crippen LogP) is 2.56. The van der Waals surface area contributed by atoms with Crippen molar-refractivity contribution in [2.45, 2.75) is 6.92 Å². The molecule has 2 aliphatic heterocycles. The number of aryl methyl sites for hydroxylation is 1. The van der Waals surface area contributed by atoms with Gasteiger partial charge in [-0.05, 0) is 42.8 Å². The lowest BCUT2D eigenvalue weighted by Crippen LogP contribution is -2.49. The highest BCUT2D eigenvalue weighted by molar-refractivity contribution is 5.95. The molecule has 6 nitrogen and oxygen atoms in total. The molecule has 1 amide bonds. The van der Waals surface area contributed by atoms with Gasteiger partial charge in [-0.15, -0.1) is 0 Å². The minimum atomic E-state index is 0.0453. The molecular weight excluding hydrogens is 344 g/mol. The number of ether oxygens (including phenoxy) is 3. The molecule has 6 heteroatoms. The molecule has 1 saturated heterocycles. The maximum Gasteiger partial charge on any atom is 0.254 e. The Morgan fingerprint density at radius 1 is 1.04 bits per heavy atom. The highest BCUT2D eigenvalue weighted by Crippen LogP contribution is 2.32. The van der Waals surface area contributed by atoms with Crippen LogP contribution in [-0.4, -0.2) is 61.8 Å². The summed E-state index contributed by atoms with van der Waals surface area (Å²) in [6.45, 7) is 6.94. The van der Waals surface area contributed by atoms with Crippen LogP contribution in [0.4, 0.5) is 0 Å². The quantitative estimate of drug-likeness (QED) is 0.812. The molecule has 2 aromatic rings. The third-order valence-corrected chi connectivity index (χ3v) is 4.94. The van der Waals surface area contributed by atoms with Crippen molar-refractivity contribution >= 4 is 5.91 Å². The van der Waals surface area contributed by atoms with E-state index in [1.54, 1.807) is 18.2 Å².